The van der Waals surface area contributed by atoms with Crippen LogP contribution in [0.3, 0.4) is 0 Å². The number of ether oxygens (including phenoxy) is 1. The number of nitrogens with one attached hydrogen (secondary N) is 1. The molecule has 0 rings (SSSR count). The molecule has 0 saturated carbocycles. The van der Waals surface area contributed by atoms with Crippen molar-refractivity contribution in [3.8, 4) is 24.3 Å². The van der Waals surface area contributed by atoms with Crippen LogP contribution in [0.2, 0.25) is 0 Å². The molecular formula is C28H52N6O3. The normalized spacial score (nSPS) is 10.8. The van der Waals surface area contributed by atoms with Gasteiger partial charge in [0.2, 0.25) is 0 Å². The van der Waals surface area contributed by atoms with Crippen molar-refractivity contribution in [1.29, 1.82) is 21.0 Å². The number of nitrogens with two attached hydrogens (primary N) is 1. The summed E-state index contributed by atoms with van der Waals surface area (Å²) in [4.78, 5) is 14.8. The summed E-state index contributed by atoms with van der Waals surface area (Å²) in [7, 11) is 3.60. The minimum absolute atomic E-state index is 0.129. The summed E-state index contributed by atoms with van der Waals surface area (Å²) in [5, 5.41) is 36.0. The van der Waals surface area contributed by atoms with Crippen molar-refractivity contribution in [2.24, 2.45) is 16.7 Å². The van der Waals surface area contributed by atoms with Crippen LogP contribution in [-0.2, 0) is 14.4 Å². The molecule has 9 heteroatoms. The lowest BCUT2D eigenvalue weighted by Crippen LogP contribution is -2.27. The van der Waals surface area contributed by atoms with Gasteiger partial charge in [-0.05, 0) is 72.4 Å². The molecule has 0 spiro atoms. The average Bonchev–Trinajstić information content (AvgIpc) is 2.85. The first-order valence-corrected chi connectivity index (χ1v) is 12.5. The van der Waals surface area contributed by atoms with Crippen molar-refractivity contribution in [3.63, 3.8) is 0 Å². The summed E-state index contributed by atoms with van der Waals surface area (Å²) in [5.41, 5.74) is -0.522. The van der Waals surface area contributed by atoms with Gasteiger partial charge in [0, 0.05) is 38.2 Å². The lowest BCUT2D eigenvalue weighted by Gasteiger charge is -2.22. The molecule has 0 aromatic carbocycles. The zero-order valence-corrected chi connectivity index (χ0v) is 25.0. The van der Waals surface area contributed by atoms with E-state index in [0.717, 1.165) is 25.7 Å². The Bertz CT molecular complexity index is 705. The smallest absolute Gasteiger partial charge is 0.125 e. The Labute approximate surface area is 226 Å². The quantitative estimate of drug-likeness (QED) is 0.227. The largest absolute Gasteiger partial charge is 0.379 e. The van der Waals surface area contributed by atoms with E-state index in [-0.39, 0.29) is 22.0 Å². The van der Waals surface area contributed by atoms with Crippen LogP contribution < -0.4 is 11.2 Å². The van der Waals surface area contributed by atoms with Crippen LogP contribution in [0, 0.1) is 56.2 Å². The Kier molecular flexibility index (Phi) is 26.8. The van der Waals surface area contributed by atoms with Crippen molar-refractivity contribution in [2.75, 3.05) is 20.7 Å². The summed E-state index contributed by atoms with van der Waals surface area (Å²) >= 11 is 0. The second-order valence-corrected chi connectivity index (χ2v) is 11.3. The summed E-state index contributed by atoms with van der Waals surface area (Å²) in [6, 6.07) is 8.25. The molecule has 0 saturated heterocycles. The van der Waals surface area contributed by atoms with Gasteiger partial charge in [0.15, 0.2) is 0 Å². The van der Waals surface area contributed by atoms with Crippen LogP contribution in [0.5, 0.6) is 0 Å². The maximum absolute atomic E-state index is 10.2. The zero-order valence-electron chi connectivity index (χ0n) is 25.0. The highest BCUT2D eigenvalue weighted by atomic mass is 16.6. The van der Waals surface area contributed by atoms with Crippen molar-refractivity contribution in [1.82, 2.24) is 5.32 Å². The van der Waals surface area contributed by atoms with E-state index in [9.17, 15) is 4.79 Å². The number of carbonyl (C=O) groups excluding carboxylic acids is 1. The van der Waals surface area contributed by atoms with Gasteiger partial charge in [0.25, 0.3) is 0 Å². The number of carbonyl (C=O) groups is 1. The number of aldehydes is 1. The third-order valence-corrected chi connectivity index (χ3v) is 5.32. The van der Waals surface area contributed by atoms with E-state index >= 15 is 0 Å². The Balaban J connectivity index is -0.000000196. The second kappa shape index (κ2) is 23.8. The summed E-state index contributed by atoms with van der Waals surface area (Å²) in [5.74, 6) is 4.94. The Morgan fingerprint density at radius 3 is 1.43 bits per heavy atom. The topological polar surface area (TPSA) is 169 Å². The van der Waals surface area contributed by atoms with E-state index < -0.39 is 0 Å². The minimum Gasteiger partial charge on any atom is -0.379 e. The molecule has 0 fully saturated rings. The molecule has 37 heavy (non-hydrogen) atoms. The molecule has 0 aromatic rings. The van der Waals surface area contributed by atoms with Gasteiger partial charge < -0.3 is 14.8 Å². The van der Waals surface area contributed by atoms with Crippen LogP contribution in [-0.4, -0.2) is 38.2 Å². The van der Waals surface area contributed by atoms with Crippen molar-refractivity contribution in [3.05, 3.63) is 0 Å². The van der Waals surface area contributed by atoms with E-state index in [1.54, 1.807) is 7.11 Å². The van der Waals surface area contributed by atoms with Crippen LogP contribution in [0.4, 0.5) is 0 Å². The lowest BCUT2D eigenvalue weighted by molar-refractivity contribution is -0.114. The number of nitriles is 4. The molecule has 0 bridgehead atoms. The van der Waals surface area contributed by atoms with E-state index in [1.807, 2.05) is 60.7 Å². The minimum atomic E-state index is -0.351. The maximum atomic E-state index is 10.2. The first kappa shape index (κ1) is 41.6. The third kappa shape index (κ3) is 35.7. The van der Waals surface area contributed by atoms with Gasteiger partial charge in [-0.25, -0.2) is 5.90 Å². The summed E-state index contributed by atoms with van der Waals surface area (Å²) in [6.45, 7) is 16.6. The molecule has 0 atom stereocenters. The predicted molar refractivity (Wildman–Crippen MR) is 147 cm³/mol. The number of hydrogen-bond donors (Lipinski definition) is 2. The van der Waals surface area contributed by atoms with Gasteiger partial charge >= 0.3 is 0 Å². The third-order valence-electron chi connectivity index (χ3n) is 5.32. The highest BCUT2D eigenvalue weighted by Gasteiger charge is 2.17. The SMILES string of the molecule is CC(C)(C=O)CCC#N.CC(C)(CCC#N)ON.CNCC(C)(C)CCC#N.COC(C)(C)CCC#N. The second-order valence-electron chi connectivity index (χ2n) is 11.3. The number of hydrogen-bond acceptors (Lipinski definition) is 9. The van der Waals surface area contributed by atoms with E-state index in [1.165, 1.54) is 0 Å². The fourth-order valence-electron chi connectivity index (χ4n) is 2.27. The first-order chi connectivity index (χ1) is 17.0. The van der Waals surface area contributed by atoms with Gasteiger partial charge in [-0.2, -0.15) is 21.0 Å². The lowest BCUT2D eigenvalue weighted by atomic mass is 9.88. The molecule has 0 aliphatic heterocycles. The van der Waals surface area contributed by atoms with E-state index in [2.05, 4.69) is 36.1 Å². The predicted octanol–water partition coefficient (Wildman–Crippen LogP) is 5.73. The highest BCUT2D eigenvalue weighted by Crippen LogP contribution is 2.20. The van der Waals surface area contributed by atoms with Gasteiger partial charge in [-0.3, -0.25) is 4.84 Å². The molecule has 0 aliphatic carbocycles. The van der Waals surface area contributed by atoms with E-state index in [4.69, 9.17) is 31.7 Å². The molecule has 9 nitrogen and oxygen atoms in total. The van der Waals surface area contributed by atoms with Gasteiger partial charge in [0.05, 0.1) is 35.5 Å². The monoisotopic (exact) mass is 520 g/mol. The molecule has 0 unspecified atom stereocenters. The molecule has 0 heterocycles. The molecule has 0 radical (unpaired) electrons. The average molecular weight is 521 g/mol. The van der Waals surface area contributed by atoms with Crippen molar-refractivity contribution >= 4 is 6.29 Å². The van der Waals surface area contributed by atoms with Crippen molar-refractivity contribution in [2.45, 2.75) is 118 Å². The van der Waals surface area contributed by atoms with Crippen LogP contribution in [0.25, 0.3) is 0 Å². The van der Waals surface area contributed by atoms with Gasteiger partial charge in [-0.1, -0.05) is 27.7 Å². The van der Waals surface area contributed by atoms with Crippen molar-refractivity contribution < 1.29 is 14.4 Å². The van der Waals surface area contributed by atoms with Crippen LogP contribution in [0.15, 0.2) is 0 Å². The molecule has 0 aromatic heterocycles. The van der Waals surface area contributed by atoms with Crippen LogP contribution >= 0.6 is 0 Å². The number of rotatable bonds is 13. The molecular weight excluding hydrogens is 468 g/mol. The zero-order chi connectivity index (χ0) is 30.0. The van der Waals surface area contributed by atoms with Crippen LogP contribution in [0.1, 0.15) is 107 Å². The van der Waals surface area contributed by atoms with E-state index in [0.29, 0.717) is 38.5 Å². The summed E-state index contributed by atoms with van der Waals surface area (Å²) < 4.78 is 5.09. The Hall–Kier alpha value is -2.53. The maximum Gasteiger partial charge on any atom is 0.125 e. The Morgan fingerprint density at radius 2 is 1.11 bits per heavy atom. The molecule has 0 amide bonds. The first-order valence-electron chi connectivity index (χ1n) is 12.5. The Morgan fingerprint density at radius 1 is 0.730 bits per heavy atom. The molecule has 0 aliphatic rings. The summed E-state index contributed by atoms with van der Waals surface area (Å²) in [6.07, 6.45) is 6.20. The molecule has 212 valence electrons. The number of nitrogens with zero attached hydrogens (tertiary/aromatic N) is 4. The fraction of sp³-hybridized carbons (Fsp3) is 0.821. The van der Waals surface area contributed by atoms with Gasteiger partial charge in [-0.15, -0.1) is 0 Å². The van der Waals surface area contributed by atoms with Gasteiger partial charge in [0.1, 0.15) is 6.29 Å². The highest BCUT2D eigenvalue weighted by molar-refractivity contribution is 5.57. The fourth-order valence-corrected chi connectivity index (χ4v) is 2.27. The molecule has 3 N–H and O–H groups in total. The standard InChI is InChI=1S/C8H16N2.C7H13NO.C7H11NO.C6H12N2O/c1-8(2,7-10-3)5-4-6-9;1-7(2,9-3)5-4-6-8;1-7(2,6-9)4-3-5-8;1-6(2,9-8)4-3-5-7/h10H,4-5,7H2,1-3H3;4-5H2,1-3H3;6H,3-4H2,1-2H3;3-4,8H2,1-2H3. The number of methoxy groups -OCH3 is 1.